The zero-order valence-electron chi connectivity index (χ0n) is 13.4. The van der Waals surface area contributed by atoms with Crippen molar-refractivity contribution < 1.29 is 0 Å². The predicted molar refractivity (Wildman–Crippen MR) is 82.9 cm³/mol. The molecule has 3 aliphatic carbocycles. The van der Waals surface area contributed by atoms with Crippen LogP contribution in [0.2, 0.25) is 0 Å². The molecule has 3 aliphatic rings. The molecule has 0 radical (unpaired) electrons. The van der Waals surface area contributed by atoms with E-state index in [0.29, 0.717) is 10.8 Å². The Balaban J connectivity index is 2.08. The molecule has 0 heterocycles. The average molecular weight is 258 g/mol. The summed E-state index contributed by atoms with van der Waals surface area (Å²) in [6.07, 6.45) is 7.94. The molecule has 5 atom stereocenters. The third-order valence-electron chi connectivity index (χ3n) is 7.39. The van der Waals surface area contributed by atoms with Gasteiger partial charge in [0.05, 0.1) is 0 Å². The minimum Gasteiger partial charge on any atom is -0.0996 e. The number of hydrogen-bond donors (Lipinski definition) is 0. The highest BCUT2D eigenvalue weighted by molar-refractivity contribution is 5.27. The molecular formula is C19H30. The van der Waals surface area contributed by atoms with Gasteiger partial charge >= 0.3 is 0 Å². The highest BCUT2D eigenvalue weighted by atomic mass is 14.6. The molecule has 3 rings (SSSR count). The van der Waals surface area contributed by atoms with E-state index in [9.17, 15) is 0 Å². The van der Waals surface area contributed by atoms with Gasteiger partial charge in [0.15, 0.2) is 0 Å². The largest absolute Gasteiger partial charge is 0.0996 e. The Labute approximate surface area is 119 Å². The van der Waals surface area contributed by atoms with Crippen LogP contribution in [0.25, 0.3) is 0 Å². The fourth-order valence-electron chi connectivity index (χ4n) is 5.58. The van der Waals surface area contributed by atoms with E-state index in [1.165, 1.54) is 31.3 Å². The smallest absolute Gasteiger partial charge is 0.0107 e. The summed E-state index contributed by atoms with van der Waals surface area (Å²) in [5, 5.41) is 0. The Kier molecular flexibility index (Phi) is 2.83. The van der Waals surface area contributed by atoms with Crippen molar-refractivity contribution in [1.82, 2.24) is 0 Å². The minimum atomic E-state index is 0.468. The highest BCUT2D eigenvalue weighted by Crippen LogP contribution is 2.65. The molecule has 2 fully saturated rings. The first-order valence-electron chi connectivity index (χ1n) is 8.12. The lowest BCUT2D eigenvalue weighted by Crippen LogP contribution is -2.41. The number of allylic oxidation sites excluding steroid dienone is 3. The van der Waals surface area contributed by atoms with Gasteiger partial charge in [-0.05, 0) is 67.1 Å². The van der Waals surface area contributed by atoms with Gasteiger partial charge < -0.3 is 0 Å². The number of fused-ring (bicyclic) bond motifs is 3. The lowest BCUT2D eigenvalue weighted by molar-refractivity contribution is 0.0271. The second kappa shape index (κ2) is 3.99. The zero-order valence-corrected chi connectivity index (χ0v) is 13.4. The maximum absolute atomic E-state index is 4.37. The van der Waals surface area contributed by atoms with Crippen LogP contribution in [-0.4, -0.2) is 0 Å². The fraction of sp³-hybridized carbons (Fsp3) is 0.789. The predicted octanol–water partition coefficient (Wildman–Crippen LogP) is 5.61. The van der Waals surface area contributed by atoms with E-state index in [1.807, 2.05) is 0 Å². The Morgan fingerprint density at radius 2 is 1.95 bits per heavy atom. The molecule has 0 N–H and O–H groups in total. The van der Waals surface area contributed by atoms with Crippen molar-refractivity contribution in [1.29, 1.82) is 0 Å². The van der Waals surface area contributed by atoms with Gasteiger partial charge in [0.25, 0.3) is 0 Å². The maximum atomic E-state index is 4.37. The first-order chi connectivity index (χ1) is 8.78. The van der Waals surface area contributed by atoms with Gasteiger partial charge in [-0.3, -0.25) is 0 Å². The van der Waals surface area contributed by atoms with Crippen LogP contribution in [0.1, 0.15) is 60.3 Å². The molecule has 0 aromatic heterocycles. The van der Waals surface area contributed by atoms with Gasteiger partial charge in [0.1, 0.15) is 0 Å². The van der Waals surface area contributed by atoms with Crippen LogP contribution < -0.4 is 0 Å². The second-order valence-corrected chi connectivity index (χ2v) is 8.46. The van der Waals surface area contributed by atoms with Gasteiger partial charge in [-0.25, -0.2) is 0 Å². The first kappa shape index (κ1) is 13.5. The molecule has 0 saturated heterocycles. The Morgan fingerprint density at radius 1 is 1.26 bits per heavy atom. The second-order valence-electron chi connectivity index (χ2n) is 8.46. The van der Waals surface area contributed by atoms with E-state index in [4.69, 9.17) is 0 Å². The van der Waals surface area contributed by atoms with Crippen molar-refractivity contribution in [2.24, 2.45) is 34.5 Å². The molecule has 0 aromatic carbocycles. The Hall–Kier alpha value is -0.520. The van der Waals surface area contributed by atoms with Gasteiger partial charge in [0, 0.05) is 0 Å². The quantitative estimate of drug-likeness (QED) is 0.496. The van der Waals surface area contributed by atoms with Crippen LogP contribution in [0.4, 0.5) is 0 Å². The van der Waals surface area contributed by atoms with E-state index in [1.54, 1.807) is 5.57 Å². The SMILES string of the molecule is C=C1CC2CCC(C)(C)C3(C)CC=C(C)C3C2C1C. The third kappa shape index (κ3) is 1.64. The Bertz CT molecular complexity index is 439. The molecule has 0 heteroatoms. The van der Waals surface area contributed by atoms with Gasteiger partial charge in [0.2, 0.25) is 0 Å². The van der Waals surface area contributed by atoms with Gasteiger partial charge in [-0.2, -0.15) is 0 Å². The molecule has 19 heavy (non-hydrogen) atoms. The molecule has 106 valence electrons. The summed E-state index contributed by atoms with van der Waals surface area (Å²) in [4.78, 5) is 0. The van der Waals surface area contributed by atoms with Crippen molar-refractivity contribution in [3.05, 3.63) is 23.8 Å². The molecular weight excluding hydrogens is 228 g/mol. The van der Waals surface area contributed by atoms with Crippen molar-refractivity contribution in [2.75, 3.05) is 0 Å². The van der Waals surface area contributed by atoms with Crippen LogP contribution in [0.15, 0.2) is 23.8 Å². The van der Waals surface area contributed by atoms with E-state index in [0.717, 1.165) is 23.7 Å². The van der Waals surface area contributed by atoms with Crippen molar-refractivity contribution in [2.45, 2.75) is 60.3 Å². The summed E-state index contributed by atoms with van der Waals surface area (Å²) < 4.78 is 0. The summed E-state index contributed by atoms with van der Waals surface area (Å²) in [5.74, 6) is 3.28. The summed E-state index contributed by atoms with van der Waals surface area (Å²) in [7, 11) is 0. The summed E-state index contributed by atoms with van der Waals surface area (Å²) in [6, 6.07) is 0. The van der Waals surface area contributed by atoms with Crippen molar-refractivity contribution in [3.8, 4) is 0 Å². The fourth-order valence-corrected chi connectivity index (χ4v) is 5.58. The van der Waals surface area contributed by atoms with E-state index < -0.39 is 0 Å². The minimum absolute atomic E-state index is 0.468. The van der Waals surface area contributed by atoms with Gasteiger partial charge in [-0.1, -0.05) is 51.5 Å². The summed E-state index contributed by atoms with van der Waals surface area (Å²) in [6.45, 7) is 16.8. The molecule has 0 amide bonds. The lowest BCUT2D eigenvalue weighted by Gasteiger charge is -2.48. The number of rotatable bonds is 0. The Morgan fingerprint density at radius 3 is 2.63 bits per heavy atom. The van der Waals surface area contributed by atoms with Gasteiger partial charge in [-0.15, -0.1) is 0 Å². The third-order valence-corrected chi connectivity index (χ3v) is 7.39. The first-order valence-corrected chi connectivity index (χ1v) is 8.12. The monoisotopic (exact) mass is 258 g/mol. The molecule has 5 unspecified atom stereocenters. The van der Waals surface area contributed by atoms with Crippen LogP contribution >= 0.6 is 0 Å². The number of hydrogen-bond acceptors (Lipinski definition) is 0. The van der Waals surface area contributed by atoms with Crippen LogP contribution in [-0.2, 0) is 0 Å². The molecule has 0 bridgehead atoms. The van der Waals surface area contributed by atoms with E-state index in [-0.39, 0.29) is 0 Å². The van der Waals surface area contributed by atoms with Crippen molar-refractivity contribution in [3.63, 3.8) is 0 Å². The molecule has 0 aromatic rings. The zero-order chi connectivity index (χ0) is 14.0. The molecule has 0 nitrogen and oxygen atoms in total. The molecule has 0 aliphatic heterocycles. The summed E-state index contributed by atoms with van der Waals surface area (Å²) >= 11 is 0. The topological polar surface area (TPSA) is 0 Å². The highest BCUT2D eigenvalue weighted by Gasteiger charge is 2.57. The van der Waals surface area contributed by atoms with E-state index >= 15 is 0 Å². The summed E-state index contributed by atoms with van der Waals surface area (Å²) in [5.41, 5.74) is 4.14. The molecule has 0 spiro atoms. The normalized spacial score (nSPS) is 48.5. The van der Waals surface area contributed by atoms with Crippen molar-refractivity contribution >= 4 is 0 Å². The average Bonchev–Trinajstić information content (AvgIpc) is 2.75. The lowest BCUT2D eigenvalue weighted by atomic mass is 9.56. The molecule has 2 saturated carbocycles. The van der Waals surface area contributed by atoms with Crippen LogP contribution in [0, 0.1) is 34.5 Å². The standard InChI is InChI=1S/C19H30/c1-12-7-10-19(6)17(12)16-14(3)13(2)11-15(16)8-9-18(19,4)5/h7,14-17H,2,8-11H2,1,3-6H3. The maximum Gasteiger partial charge on any atom is -0.0107 e. The van der Waals surface area contributed by atoms with Crippen LogP contribution in [0.5, 0.6) is 0 Å². The van der Waals surface area contributed by atoms with E-state index in [2.05, 4.69) is 47.3 Å². The van der Waals surface area contributed by atoms with Crippen LogP contribution in [0.3, 0.4) is 0 Å².